The summed E-state index contributed by atoms with van der Waals surface area (Å²) in [6.45, 7) is 3.00. The summed E-state index contributed by atoms with van der Waals surface area (Å²) < 4.78 is 10.8. The number of aromatic nitrogens is 3. The van der Waals surface area contributed by atoms with E-state index in [1.165, 1.54) is 29.7 Å². The number of carbonyl (C=O) groups is 1. The third-order valence-electron chi connectivity index (χ3n) is 5.04. The van der Waals surface area contributed by atoms with Gasteiger partial charge in [-0.25, -0.2) is 9.97 Å². The molecule has 1 amide bonds. The molecule has 146 valence electrons. The maximum absolute atomic E-state index is 12.6. The van der Waals surface area contributed by atoms with Gasteiger partial charge in [-0.3, -0.25) is 4.79 Å². The zero-order valence-electron chi connectivity index (χ0n) is 15.9. The Hall–Kier alpha value is -2.19. The highest BCUT2D eigenvalue weighted by Crippen LogP contribution is 2.35. The van der Waals surface area contributed by atoms with Crippen LogP contribution >= 0.6 is 23.3 Å². The second-order valence-corrected chi connectivity index (χ2v) is 8.57. The topological polar surface area (TPSA) is 68.2 Å². The van der Waals surface area contributed by atoms with Crippen molar-refractivity contribution >= 4 is 39.4 Å². The van der Waals surface area contributed by atoms with Crippen molar-refractivity contribution in [2.24, 2.45) is 0 Å². The van der Waals surface area contributed by atoms with Crippen LogP contribution in [-0.2, 0) is 4.79 Å². The second-order valence-electron chi connectivity index (χ2n) is 6.84. The molecule has 28 heavy (non-hydrogen) atoms. The molecule has 1 aliphatic heterocycles. The first-order valence-electron chi connectivity index (χ1n) is 9.34. The van der Waals surface area contributed by atoms with Crippen LogP contribution < -0.4 is 4.74 Å². The smallest absolute Gasteiger partial charge is 0.233 e. The molecule has 0 bridgehead atoms. The molecule has 1 aromatic carbocycles. The van der Waals surface area contributed by atoms with Gasteiger partial charge < -0.3 is 9.64 Å². The molecule has 1 atom stereocenters. The molecule has 0 saturated carbocycles. The monoisotopic (exact) mass is 414 g/mol. The first kappa shape index (κ1) is 19.1. The van der Waals surface area contributed by atoms with E-state index in [0.29, 0.717) is 11.8 Å². The van der Waals surface area contributed by atoms with Crippen molar-refractivity contribution in [1.82, 2.24) is 19.2 Å². The molecular weight excluding hydrogens is 392 g/mol. The Morgan fingerprint density at radius 2 is 2.11 bits per heavy atom. The summed E-state index contributed by atoms with van der Waals surface area (Å²) >= 11 is 2.86. The lowest BCUT2D eigenvalue weighted by atomic mass is 10.0. The lowest BCUT2D eigenvalue weighted by molar-refractivity contribution is -0.131. The number of benzene rings is 1. The van der Waals surface area contributed by atoms with Crippen LogP contribution in [0, 0.1) is 0 Å². The predicted molar refractivity (Wildman–Crippen MR) is 113 cm³/mol. The third kappa shape index (κ3) is 3.84. The number of hydrogen-bond acceptors (Lipinski definition) is 7. The number of nitrogens with zero attached hydrogens (tertiary/aromatic N) is 4. The number of methoxy groups -OCH3 is 1. The van der Waals surface area contributed by atoms with Crippen molar-refractivity contribution < 1.29 is 9.53 Å². The van der Waals surface area contributed by atoms with Gasteiger partial charge >= 0.3 is 0 Å². The first-order chi connectivity index (χ1) is 13.7. The van der Waals surface area contributed by atoms with E-state index in [9.17, 15) is 4.79 Å². The minimum absolute atomic E-state index is 0.184. The van der Waals surface area contributed by atoms with Gasteiger partial charge in [0.1, 0.15) is 33.0 Å². The van der Waals surface area contributed by atoms with E-state index in [4.69, 9.17) is 4.74 Å². The molecule has 0 N–H and O–H groups in total. The Labute approximate surface area is 172 Å². The first-order valence-corrected chi connectivity index (χ1v) is 11.1. The standard InChI is InChI=1S/C20H22N4O2S2/c1-13-5-3-4-10-24(13)16(25)11-27-20-19-18(21-12-22-20)17(23-28-19)14-6-8-15(26-2)9-7-14/h6-9,12-13H,3-5,10-11H2,1-2H3. The van der Waals surface area contributed by atoms with Crippen molar-refractivity contribution in [3.05, 3.63) is 30.6 Å². The van der Waals surface area contributed by atoms with E-state index >= 15 is 0 Å². The fourth-order valence-electron chi connectivity index (χ4n) is 3.47. The number of carbonyl (C=O) groups excluding carboxylic acids is 1. The molecule has 0 aliphatic carbocycles. The highest BCUT2D eigenvalue weighted by atomic mass is 32.2. The average molecular weight is 415 g/mol. The normalized spacial score (nSPS) is 17.1. The molecule has 2 aromatic heterocycles. The average Bonchev–Trinajstić information content (AvgIpc) is 3.17. The Morgan fingerprint density at radius 1 is 1.29 bits per heavy atom. The van der Waals surface area contributed by atoms with Gasteiger partial charge in [0, 0.05) is 18.2 Å². The van der Waals surface area contributed by atoms with Crippen LogP contribution in [0.2, 0.25) is 0 Å². The summed E-state index contributed by atoms with van der Waals surface area (Å²) in [5.41, 5.74) is 2.65. The molecule has 1 fully saturated rings. The van der Waals surface area contributed by atoms with Gasteiger partial charge in [-0.15, -0.1) is 0 Å². The van der Waals surface area contributed by atoms with Gasteiger partial charge in [-0.2, -0.15) is 4.37 Å². The molecule has 6 nitrogen and oxygen atoms in total. The minimum Gasteiger partial charge on any atom is -0.497 e. The number of likely N-dealkylation sites (tertiary alicyclic amines) is 1. The SMILES string of the molecule is COc1ccc(-c2nsc3c(SCC(=O)N4CCCCC4C)ncnc23)cc1. The van der Waals surface area contributed by atoms with Gasteiger partial charge in [0.05, 0.1) is 12.9 Å². The molecular formula is C20H22N4O2S2. The summed E-state index contributed by atoms with van der Waals surface area (Å²) in [6.07, 6.45) is 4.95. The van der Waals surface area contributed by atoms with E-state index < -0.39 is 0 Å². The number of amides is 1. The van der Waals surface area contributed by atoms with Gasteiger partial charge in [-0.1, -0.05) is 11.8 Å². The van der Waals surface area contributed by atoms with Crippen molar-refractivity contribution in [3.63, 3.8) is 0 Å². The van der Waals surface area contributed by atoms with E-state index in [2.05, 4.69) is 21.3 Å². The maximum Gasteiger partial charge on any atom is 0.233 e. The number of thioether (sulfide) groups is 1. The van der Waals surface area contributed by atoms with Crippen LogP contribution in [-0.4, -0.2) is 50.6 Å². The van der Waals surface area contributed by atoms with Crippen LogP contribution in [0.5, 0.6) is 5.75 Å². The Morgan fingerprint density at radius 3 is 2.86 bits per heavy atom. The molecule has 0 radical (unpaired) electrons. The highest BCUT2D eigenvalue weighted by Gasteiger charge is 2.23. The van der Waals surface area contributed by atoms with Gasteiger partial charge in [0.25, 0.3) is 0 Å². The van der Waals surface area contributed by atoms with Crippen LogP contribution in [0.25, 0.3) is 21.5 Å². The molecule has 1 aliphatic rings. The molecule has 1 unspecified atom stereocenters. The molecule has 0 spiro atoms. The van der Waals surface area contributed by atoms with Crippen LogP contribution in [0.4, 0.5) is 0 Å². The van der Waals surface area contributed by atoms with Crippen LogP contribution in [0.15, 0.2) is 35.6 Å². The number of ether oxygens (including phenoxy) is 1. The third-order valence-corrected chi connectivity index (χ3v) is 6.99. The molecule has 3 aromatic rings. The predicted octanol–water partition coefficient (Wildman–Crippen LogP) is 4.26. The number of hydrogen-bond donors (Lipinski definition) is 0. The quantitative estimate of drug-likeness (QED) is 0.459. The summed E-state index contributed by atoms with van der Waals surface area (Å²) in [4.78, 5) is 23.5. The van der Waals surface area contributed by atoms with Gasteiger partial charge in [0.15, 0.2) is 0 Å². The minimum atomic E-state index is 0.184. The number of rotatable bonds is 5. The summed E-state index contributed by atoms with van der Waals surface area (Å²) in [7, 11) is 1.65. The number of piperidine rings is 1. The highest BCUT2D eigenvalue weighted by molar-refractivity contribution is 8.00. The fraction of sp³-hybridized carbons (Fsp3) is 0.400. The van der Waals surface area contributed by atoms with Crippen molar-refractivity contribution in [2.75, 3.05) is 19.4 Å². The Kier molecular flexibility index (Phi) is 5.77. The molecule has 1 saturated heterocycles. The van der Waals surface area contributed by atoms with E-state index in [1.807, 2.05) is 29.2 Å². The van der Waals surface area contributed by atoms with E-state index in [0.717, 1.165) is 51.6 Å². The van der Waals surface area contributed by atoms with Crippen LogP contribution in [0.1, 0.15) is 26.2 Å². The van der Waals surface area contributed by atoms with E-state index in [-0.39, 0.29) is 5.91 Å². The largest absolute Gasteiger partial charge is 0.497 e. The van der Waals surface area contributed by atoms with Gasteiger partial charge in [-0.05, 0) is 62.0 Å². The summed E-state index contributed by atoms with van der Waals surface area (Å²) in [6, 6.07) is 8.11. The van der Waals surface area contributed by atoms with Crippen molar-refractivity contribution in [3.8, 4) is 17.0 Å². The van der Waals surface area contributed by atoms with Crippen molar-refractivity contribution in [1.29, 1.82) is 0 Å². The lowest BCUT2D eigenvalue weighted by Crippen LogP contribution is -2.42. The Balaban J connectivity index is 1.54. The van der Waals surface area contributed by atoms with E-state index in [1.54, 1.807) is 13.4 Å². The van der Waals surface area contributed by atoms with Gasteiger partial charge in [0.2, 0.25) is 5.91 Å². The lowest BCUT2D eigenvalue weighted by Gasteiger charge is -2.33. The van der Waals surface area contributed by atoms with Crippen molar-refractivity contribution in [2.45, 2.75) is 37.3 Å². The van der Waals surface area contributed by atoms with Crippen LogP contribution in [0.3, 0.4) is 0 Å². The second kappa shape index (κ2) is 8.45. The molecule has 4 rings (SSSR count). The zero-order valence-corrected chi connectivity index (χ0v) is 17.6. The maximum atomic E-state index is 12.6. The fourth-order valence-corrected chi connectivity index (χ4v) is 5.27. The summed E-state index contributed by atoms with van der Waals surface area (Å²) in [5, 5.41) is 0.820. The molecule has 8 heteroatoms. The number of fused-ring (bicyclic) bond motifs is 1. The molecule has 3 heterocycles. The summed E-state index contributed by atoms with van der Waals surface area (Å²) in [5.74, 6) is 1.38. The Bertz CT molecular complexity index is 974. The zero-order chi connectivity index (χ0) is 19.5.